The Morgan fingerprint density at radius 2 is 1.94 bits per heavy atom. The molecule has 0 spiro atoms. The number of rotatable bonds is 5. The predicted molar refractivity (Wildman–Crippen MR) is 126 cm³/mol. The first-order chi connectivity index (χ1) is 15.4. The van der Waals surface area contributed by atoms with E-state index in [-0.39, 0.29) is 0 Å². The first-order valence-corrected chi connectivity index (χ1v) is 12.6. The molecule has 0 bridgehead atoms. The summed E-state index contributed by atoms with van der Waals surface area (Å²) >= 11 is 0. The van der Waals surface area contributed by atoms with E-state index in [1.807, 2.05) is 18.3 Å². The number of fused-ring (bicyclic) bond motifs is 1. The molecule has 0 saturated heterocycles. The van der Waals surface area contributed by atoms with Crippen LogP contribution in [0.5, 0.6) is 0 Å². The maximum absolute atomic E-state index is 11.6. The third kappa shape index (κ3) is 4.08. The van der Waals surface area contributed by atoms with Crippen molar-refractivity contribution in [1.29, 1.82) is 0 Å². The van der Waals surface area contributed by atoms with Crippen molar-refractivity contribution in [2.45, 2.75) is 38.1 Å². The van der Waals surface area contributed by atoms with Crippen LogP contribution in [0.1, 0.15) is 38.1 Å². The molecule has 3 aromatic heterocycles. The zero-order chi connectivity index (χ0) is 22.3. The number of anilines is 2. The van der Waals surface area contributed by atoms with Crippen LogP contribution in [0.25, 0.3) is 33.4 Å². The molecule has 1 fully saturated rings. The highest BCUT2D eigenvalue weighted by Gasteiger charge is 2.19. The lowest BCUT2D eigenvalue weighted by molar-refractivity contribution is 0.329. The molecule has 0 aliphatic heterocycles. The smallest absolute Gasteiger partial charge is 0.229 e. The number of furan rings is 1. The molecule has 3 heterocycles. The van der Waals surface area contributed by atoms with Crippen LogP contribution in [-0.4, -0.2) is 29.4 Å². The number of nitrogens with one attached hydrogen (secondary N) is 1. The fourth-order valence-corrected chi connectivity index (χ4v) is 4.94. The second-order valence-electron chi connectivity index (χ2n) is 8.37. The molecule has 1 aliphatic carbocycles. The lowest BCUT2D eigenvalue weighted by Crippen LogP contribution is -2.12. The van der Waals surface area contributed by atoms with Gasteiger partial charge in [0.05, 0.1) is 18.5 Å². The first kappa shape index (κ1) is 20.6. The van der Waals surface area contributed by atoms with Crippen LogP contribution in [0.15, 0.2) is 53.3 Å². The van der Waals surface area contributed by atoms with Crippen LogP contribution < -0.4 is 10.5 Å². The SMILES string of the molecule is CS(=O)(=O)Nc1cccc(-c2cc3c(-c4cnn(C5CCCCC5)c4)cnc(N)c3o2)c1. The lowest BCUT2D eigenvalue weighted by Gasteiger charge is -2.21. The third-order valence-electron chi connectivity index (χ3n) is 5.90. The highest BCUT2D eigenvalue weighted by atomic mass is 32.2. The van der Waals surface area contributed by atoms with Crippen LogP contribution in [0, 0.1) is 0 Å². The highest BCUT2D eigenvalue weighted by Crippen LogP contribution is 2.37. The summed E-state index contributed by atoms with van der Waals surface area (Å²) in [7, 11) is -3.38. The number of nitrogen functional groups attached to an aromatic ring is 1. The highest BCUT2D eigenvalue weighted by molar-refractivity contribution is 7.92. The number of aromatic nitrogens is 3. The van der Waals surface area contributed by atoms with E-state index < -0.39 is 10.0 Å². The molecular weight excluding hydrogens is 426 g/mol. The first-order valence-electron chi connectivity index (χ1n) is 10.7. The summed E-state index contributed by atoms with van der Waals surface area (Å²) in [6, 6.07) is 9.40. The van der Waals surface area contributed by atoms with Crippen LogP contribution in [-0.2, 0) is 10.0 Å². The van der Waals surface area contributed by atoms with Crippen LogP contribution >= 0.6 is 0 Å². The fraction of sp³-hybridized carbons (Fsp3) is 0.304. The van der Waals surface area contributed by atoms with Gasteiger partial charge in [-0.25, -0.2) is 13.4 Å². The summed E-state index contributed by atoms with van der Waals surface area (Å²) < 4.78 is 33.8. The van der Waals surface area contributed by atoms with Crippen LogP contribution in [0.3, 0.4) is 0 Å². The average molecular weight is 452 g/mol. The minimum Gasteiger partial charge on any atom is -0.452 e. The maximum atomic E-state index is 11.6. The second kappa shape index (κ2) is 7.98. The van der Waals surface area contributed by atoms with Crippen molar-refractivity contribution in [2.75, 3.05) is 16.7 Å². The molecule has 32 heavy (non-hydrogen) atoms. The van der Waals surface area contributed by atoms with E-state index in [1.54, 1.807) is 24.4 Å². The van der Waals surface area contributed by atoms with Crippen molar-refractivity contribution in [1.82, 2.24) is 14.8 Å². The summed E-state index contributed by atoms with van der Waals surface area (Å²) in [4.78, 5) is 4.33. The van der Waals surface area contributed by atoms with Crippen LogP contribution in [0.4, 0.5) is 11.5 Å². The van der Waals surface area contributed by atoms with Gasteiger partial charge in [0.2, 0.25) is 10.0 Å². The van der Waals surface area contributed by atoms with E-state index in [9.17, 15) is 8.42 Å². The molecule has 4 aromatic rings. The molecular formula is C23H25N5O3S. The molecule has 166 valence electrons. The number of pyridine rings is 1. The molecule has 8 nitrogen and oxygen atoms in total. The van der Waals surface area contributed by atoms with Gasteiger partial charge in [-0.15, -0.1) is 0 Å². The normalized spacial score (nSPS) is 15.3. The minimum absolute atomic E-state index is 0.306. The predicted octanol–water partition coefficient (Wildman–Crippen LogP) is 4.82. The standard InChI is InChI=1S/C23H25N5O3S/c1-32(29,30)27-17-7-5-6-15(10-17)21-11-19-20(13-25-23(24)22(19)31-21)16-12-26-28(14-16)18-8-3-2-4-9-18/h5-7,10-14,18,27H,2-4,8-9H2,1H3,(H2,24,25). The maximum Gasteiger partial charge on any atom is 0.229 e. The molecule has 0 amide bonds. The van der Waals surface area contributed by atoms with E-state index in [4.69, 9.17) is 10.2 Å². The topological polar surface area (TPSA) is 116 Å². The number of benzene rings is 1. The molecule has 1 aromatic carbocycles. The average Bonchev–Trinajstić information content (AvgIpc) is 3.42. The number of sulfonamides is 1. The summed E-state index contributed by atoms with van der Waals surface area (Å²) in [6.07, 6.45) is 12.9. The molecule has 0 radical (unpaired) electrons. The second-order valence-corrected chi connectivity index (χ2v) is 10.1. The summed E-state index contributed by atoms with van der Waals surface area (Å²) in [5, 5.41) is 5.46. The number of nitrogens with two attached hydrogens (primary N) is 1. The van der Waals surface area contributed by atoms with E-state index in [0.717, 1.165) is 41.2 Å². The summed E-state index contributed by atoms with van der Waals surface area (Å²) in [5.74, 6) is 0.887. The largest absolute Gasteiger partial charge is 0.452 e. The van der Waals surface area contributed by atoms with Gasteiger partial charge >= 0.3 is 0 Å². The Morgan fingerprint density at radius 1 is 1.12 bits per heavy atom. The Bertz CT molecular complexity index is 1380. The summed E-state index contributed by atoms with van der Waals surface area (Å²) in [6.45, 7) is 0. The van der Waals surface area contributed by atoms with Crippen molar-refractivity contribution < 1.29 is 12.8 Å². The summed E-state index contributed by atoms with van der Waals surface area (Å²) in [5.41, 5.74) is 9.68. The van der Waals surface area contributed by atoms with E-state index in [0.29, 0.717) is 28.9 Å². The van der Waals surface area contributed by atoms with E-state index in [1.165, 1.54) is 19.3 Å². The number of hydrogen-bond donors (Lipinski definition) is 2. The van der Waals surface area contributed by atoms with Gasteiger partial charge in [-0.1, -0.05) is 31.4 Å². The number of nitrogens with zero attached hydrogens (tertiary/aromatic N) is 3. The quantitative estimate of drug-likeness (QED) is 0.449. The van der Waals surface area contributed by atoms with Gasteiger partial charge in [-0.05, 0) is 31.0 Å². The van der Waals surface area contributed by atoms with Gasteiger partial charge in [0.1, 0.15) is 5.76 Å². The Balaban J connectivity index is 1.54. The Hall–Kier alpha value is -3.33. The van der Waals surface area contributed by atoms with E-state index in [2.05, 4.69) is 25.7 Å². The van der Waals surface area contributed by atoms with Gasteiger partial charge in [-0.3, -0.25) is 9.40 Å². The van der Waals surface area contributed by atoms with Crippen LogP contribution in [0.2, 0.25) is 0 Å². The van der Waals surface area contributed by atoms with Crippen molar-refractivity contribution >= 4 is 32.5 Å². The van der Waals surface area contributed by atoms with E-state index >= 15 is 0 Å². The number of hydrogen-bond acceptors (Lipinski definition) is 6. The van der Waals surface area contributed by atoms with Gasteiger partial charge < -0.3 is 10.2 Å². The Labute approximate surface area is 186 Å². The van der Waals surface area contributed by atoms with Gasteiger partial charge in [0.25, 0.3) is 0 Å². The van der Waals surface area contributed by atoms with Crippen molar-refractivity contribution in [3.05, 3.63) is 48.9 Å². The fourth-order valence-electron chi connectivity index (χ4n) is 4.39. The molecule has 0 atom stereocenters. The van der Waals surface area contributed by atoms with Crippen molar-refractivity contribution in [3.63, 3.8) is 0 Å². The Kier molecular flexibility index (Phi) is 5.13. The van der Waals surface area contributed by atoms with Gasteiger partial charge in [0.15, 0.2) is 11.4 Å². The molecule has 3 N–H and O–H groups in total. The van der Waals surface area contributed by atoms with Gasteiger partial charge in [-0.2, -0.15) is 5.10 Å². The van der Waals surface area contributed by atoms with Gasteiger partial charge in [0, 0.05) is 40.2 Å². The zero-order valence-electron chi connectivity index (χ0n) is 17.8. The molecule has 1 aliphatic rings. The lowest BCUT2D eigenvalue weighted by atomic mass is 9.96. The van der Waals surface area contributed by atoms with Crippen molar-refractivity contribution in [2.24, 2.45) is 0 Å². The zero-order valence-corrected chi connectivity index (χ0v) is 18.6. The Morgan fingerprint density at radius 3 is 2.72 bits per heavy atom. The molecule has 5 rings (SSSR count). The molecule has 1 saturated carbocycles. The minimum atomic E-state index is -3.38. The monoisotopic (exact) mass is 451 g/mol. The molecule has 9 heteroatoms. The molecule has 0 unspecified atom stereocenters. The van der Waals surface area contributed by atoms with Crippen molar-refractivity contribution in [3.8, 4) is 22.5 Å². The third-order valence-corrected chi connectivity index (χ3v) is 6.51.